The molecule has 2 aliphatic heterocycles. The molecule has 0 aliphatic carbocycles. The average molecular weight is 377 g/mol. The maximum absolute atomic E-state index is 13.1. The normalized spacial score (nSPS) is 23.0. The molecule has 2 saturated heterocycles. The van der Waals surface area contributed by atoms with E-state index in [9.17, 15) is 4.39 Å². The Labute approximate surface area is 162 Å². The highest BCUT2D eigenvalue weighted by atomic mass is 19.1. The lowest BCUT2D eigenvalue weighted by molar-refractivity contribution is 0.119. The lowest BCUT2D eigenvalue weighted by Crippen LogP contribution is -2.54. The first-order chi connectivity index (χ1) is 13.1. The Bertz CT molecular complexity index is 611. The van der Waals surface area contributed by atoms with Crippen molar-refractivity contribution < 1.29 is 4.39 Å². The summed E-state index contributed by atoms with van der Waals surface area (Å²) in [5.41, 5.74) is 1.09. The van der Waals surface area contributed by atoms with Gasteiger partial charge in [0, 0.05) is 64.1 Å². The third-order valence-electron chi connectivity index (χ3n) is 5.54. The largest absolute Gasteiger partial charge is 0.368 e. The molecular formula is C20H33FN6. The summed E-state index contributed by atoms with van der Waals surface area (Å²) in [5, 5.41) is 3.46. The summed E-state index contributed by atoms with van der Waals surface area (Å²) in [6, 6.07) is 7.26. The number of halogens is 1. The van der Waals surface area contributed by atoms with E-state index in [0.717, 1.165) is 70.5 Å². The molecule has 1 atom stereocenters. The summed E-state index contributed by atoms with van der Waals surface area (Å²) in [5.74, 6) is 0.829. The molecule has 7 heteroatoms. The molecule has 1 aromatic rings. The number of nitrogens with one attached hydrogen (secondary N) is 1. The molecule has 0 bridgehead atoms. The van der Waals surface area contributed by atoms with Crippen molar-refractivity contribution in [2.45, 2.75) is 13.0 Å². The van der Waals surface area contributed by atoms with Crippen LogP contribution in [0.2, 0.25) is 0 Å². The summed E-state index contributed by atoms with van der Waals surface area (Å²) in [4.78, 5) is 14.4. The van der Waals surface area contributed by atoms with Gasteiger partial charge in [-0.3, -0.25) is 9.89 Å². The van der Waals surface area contributed by atoms with Gasteiger partial charge in [-0.1, -0.05) is 0 Å². The smallest absolute Gasteiger partial charge is 0.194 e. The van der Waals surface area contributed by atoms with Crippen LogP contribution in [-0.4, -0.2) is 99.7 Å². The van der Waals surface area contributed by atoms with Crippen molar-refractivity contribution >= 4 is 11.6 Å². The molecule has 0 saturated carbocycles. The van der Waals surface area contributed by atoms with Gasteiger partial charge in [-0.05, 0) is 45.3 Å². The summed E-state index contributed by atoms with van der Waals surface area (Å²) in [7, 11) is 4.38. The van der Waals surface area contributed by atoms with E-state index in [1.165, 1.54) is 12.1 Å². The number of aliphatic imine (C=N–C) groups is 1. The molecule has 2 heterocycles. The molecule has 1 unspecified atom stereocenters. The lowest BCUT2D eigenvalue weighted by Gasteiger charge is -2.39. The molecule has 0 aromatic heterocycles. The number of anilines is 1. The first kappa shape index (κ1) is 19.9. The number of likely N-dealkylation sites (N-methyl/N-ethyl adjacent to an activating group) is 2. The van der Waals surface area contributed by atoms with E-state index in [-0.39, 0.29) is 5.82 Å². The summed E-state index contributed by atoms with van der Waals surface area (Å²) in [6.45, 7) is 10.8. The third-order valence-corrected chi connectivity index (χ3v) is 5.54. The number of hydrogen-bond donors (Lipinski definition) is 1. The van der Waals surface area contributed by atoms with Gasteiger partial charge >= 0.3 is 0 Å². The van der Waals surface area contributed by atoms with Crippen LogP contribution >= 0.6 is 0 Å². The summed E-state index contributed by atoms with van der Waals surface area (Å²) in [6.07, 6.45) is 0. The SMILES string of the molecule is CCNC(=NCC1CN(C)CCN1C)N1CCN(c2ccc(F)cc2)CC1. The van der Waals surface area contributed by atoms with Crippen molar-refractivity contribution in [2.24, 2.45) is 4.99 Å². The van der Waals surface area contributed by atoms with Gasteiger partial charge < -0.3 is 20.0 Å². The monoisotopic (exact) mass is 376 g/mol. The van der Waals surface area contributed by atoms with Crippen molar-refractivity contribution in [3.05, 3.63) is 30.1 Å². The second kappa shape index (κ2) is 9.37. The fourth-order valence-corrected chi connectivity index (χ4v) is 3.74. The second-order valence-corrected chi connectivity index (χ2v) is 7.54. The Morgan fingerprint density at radius 3 is 2.44 bits per heavy atom. The van der Waals surface area contributed by atoms with Crippen LogP contribution in [0.5, 0.6) is 0 Å². The maximum Gasteiger partial charge on any atom is 0.194 e. The maximum atomic E-state index is 13.1. The highest BCUT2D eigenvalue weighted by molar-refractivity contribution is 5.80. The zero-order valence-electron chi connectivity index (χ0n) is 16.9. The summed E-state index contributed by atoms with van der Waals surface area (Å²) < 4.78 is 13.1. The van der Waals surface area contributed by atoms with Crippen LogP contribution in [0.15, 0.2) is 29.3 Å². The van der Waals surface area contributed by atoms with E-state index in [1.54, 1.807) is 0 Å². The van der Waals surface area contributed by atoms with Gasteiger partial charge in [-0.25, -0.2) is 4.39 Å². The van der Waals surface area contributed by atoms with E-state index in [2.05, 4.69) is 45.9 Å². The quantitative estimate of drug-likeness (QED) is 0.631. The minimum atomic E-state index is -0.183. The van der Waals surface area contributed by atoms with Crippen molar-refractivity contribution in [1.29, 1.82) is 0 Å². The average Bonchev–Trinajstić information content (AvgIpc) is 2.68. The Hall–Kier alpha value is -1.86. The minimum Gasteiger partial charge on any atom is -0.368 e. The Kier molecular flexibility index (Phi) is 6.90. The molecule has 150 valence electrons. The molecule has 1 aromatic carbocycles. The number of hydrogen-bond acceptors (Lipinski definition) is 4. The van der Waals surface area contributed by atoms with Gasteiger partial charge in [0.1, 0.15) is 5.82 Å². The molecule has 2 aliphatic rings. The molecule has 6 nitrogen and oxygen atoms in total. The van der Waals surface area contributed by atoms with Crippen LogP contribution in [0.3, 0.4) is 0 Å². The van der Waals surface area contributed by atoms with Gasteiger partial charge in [-0.15, -0.1) is 0 Å². The second-order valence-electron chi connectivity index (χ2n) is 7.54. The number of guanidine groups is 1. The fraction of sp³-hybridized carbons (Fsp3) is 0.650. The predicted octanol–water partition coefficient (Wildman–Crippen LogP) is 1.16. The molecule has 0 spiro atoms. The first-order valence-corrected chi connectivity index (χ1v) is 9.99. The van der Waals surface area contributed by atoms with E-state index in [4.69, 9.17) is 4.99 Å². The zero-order chi connectivity index (χ0) is 19.2. The topological polar surface area (TPSA) is 37.4 Å². The van der Waals surface area contributed by atoms with Crippen LogP contribution in [0.25, 0.3) is 0 Å². The molecule has 0 radical (unpaired) electrons. The van der Waals surface area contributed by atoms with Crippen molar-refractivity contribution in [3.63, 3.8) is 0 Å². The Morgan fingerprint density at radius 1 is 1.07 bits per heavy atom. The lowest BCUT2D eigenvalue weighted by atomic mass is 10.2. The van der Waals surface area contributed by atoms with Crippen molar-refractivity contribution in [1.82, 2.24) is 20.0 Å². The molecular weight excluding hydrogens is 343 g/mol. The van der Waals surface area contributed by atoms with Crippen LogP contribution < -0.4 is 10.2 Å². The van der Waals surface area contributed by atoms with Crippen molar-refractivity contribution in [2.75, 3.05) is 77.9 Å². The molecule has 1 N–H and O–H groups in total. The van der Waals surface area contributed by atoms with E-state index in [1.807, 2.05) is 12.1 Å². The van der Waals surface area contributed by atoms with Gasteiger partial charge in [0.25, 0.3) is 0 Å². The number of benzene rings is 1. The predicted molar refractivity (Wildman–Crippen MR) is 110 cm³/mol. The van der Waals surface area contributed by atoms with Crippen LogP contribution in [0.1, 0.15) is 6.92 Å². The number of nitrogens with zero attached hydrogens (tertiary/aromatic N) is 5. The Balaban J connectivity index is 1.58. The van der Waals surface area contributed by atoms with E-state index >= 15 is 0 Å². The highest BCUT2D eigenvalue weighted by Gasteiger charge is 2.23. The Morgan fingerprint density at radius 2 is 1.78 bits per heavy atom. The fourth-order valence-electron chi connectivity index (χ4n) is 3.74. The van der Waals surface area contributed by atoms with Gasteiger partial charge in [0.2, 0.25) is 0 Å². The van der Waals surface area contributed by atoms with Crippen LogP contribution in [-0.2, 0) is 0 Å². The van der Waals surface area contributed by atoms with E-state index < -0.39 is 0 Å². The van der Waals surface area contributed by atoms with Gasteiger partial charge in [0.05, 0.1) is 6.54 Å². The summed E-state index contributed by atoms with van der Waals surface area (Å²) >= 11 is 0. The molecule has 3 rings (SSSR count). The third kappa shape index (κ3) is 5.32. The highest BCUT2D eigenvalue weighted by Crippen LogP contribution is 2.17. The first-order valence-electron chi connectivity index (χ1n) is 9.99. The minimum absolute atomic E-state index is 0.183. The molecule has 27 heavy (non-hydrogen) atoms. The van der Waals surface area contributed by atoms with Crippen LogP contribution in [0, 0.1) is 5.82 Å². The number of piperazine rings is 2. The van der Waals surface area contributed by atoms with Gasteiger partial charge in [0.15, 0.2) is 5.96 Å². The van der Waals surface area contributed by atoms with Crippen LogP contribution in [0.4, 0.5) is 10.1 Å². The van der Waals surface area contributed by atoms with Gasteiger partial charge in [-0.2, -0.15) is 0 Å². The molecule has 0 amide bonds. The standard InChI is InChI=1S/C20H33FN6/c1-4-22-20(23-15-19-16-24(2)9-10-25(19)3)27-13-11-26(12-14-27)18-7-5-17(21)6-8-18/h5-8,19H,4,9-16H2,1-3H3,(H,22,23). The zero-order valence-corrected chi connectivity index (χ0v) is 16.9. The molecule has 2 fully saturated rings. The number of rotatable bonds is 4. The van der Waals surface area contributed by atoms with Crippen molar-refractivity contribution in [3.8, 4) is 0 Å². The van der Waals surface area contributed by atoms with E-state index in [0.29, 0.717) is 6.04 Å².